The molecule has 0 amide bonds. The average molecular weight is 202 g/mol. The summed E-state index contributed by atoms with van der Waals surface area (Å²) in [5.41, 5.74) is -0.0877. The zero-order chi connectivity index (χ0) is 10.8. The van der Waals surface area contributed by atoms with Crippen LogP contribution in [0, 0.1) is 0 Å². The van der Waals surface area contributed by atoms with E-state index in [4.69, 9.17) is 0 Å². The Bertz CT molecular complexity index is 324. The van der Waals surface area contributed by atoms with Crippen molar-refractivity contribution in [3.8, 4) is 0 Å². The summed E-state index contributed by atoms with van der Waals surface area (Å²) in [6, 6.07) is 4.62. The van der Waals surface area contributed by atoms with Crippen LogP contribution in [0.25, 0.3) is 0 Å². The summed E-state index contributed by atoms with van der Waals surface area (Å²) < 4.78 is 36.3. The number of hydrogen-bond donors (Lipinski definition) is 0. The van der Waals surface area contributed by atoms with E-state index in [1.165, 1.54) is 19.1 Å². The molecule has 4 heteroatoms. The third kappa shape index (κ3) is 2.87. The second kappa shape index (κ2) is 3.82. The fraction of sp³-hybridized carbons (Fsp3) is 0.300. The predicted molar refractivity (Wildman–Crippen MR) is 45.8 cm³/mol. The molecular weight excluding hydrogens is 193 g/mol. The number of halogens is 3. The van der Waals surface area contributed by atoms with E-state index in [9.17, 15) is 18.0 Å². The van der Waals surface area contributed by atoms with Crippen molar-refractivity contribution >= 4 is 5.78 Å². The van der Waals surface area contributed by atoms with Crippen LogP contribution in [0.5, 0.6) is 0 Å². The van der Waals surface area contributed by atoms with Gasteiger partial charge in [0.15, 0.2) is 0 Å². The second-order valence-electron chi connectivity index (χ2n) is 3.07. The molecule has 1 nitrogen and oxygen atoms in total. The third-order valence-electron chi connectivity index (χ3n) is 1.73. The number of carbonyl (C=O) groups is 1. The van der Waals surface area contributed by atoms with Gasteiger partial charge in [0.1, 0.15) is 5.78 Å². The van der Waals surface area contributed by atoms with Crippen molar-refractivity contribution in [2.45, 2.75) is 19.5 Å². The smallest absolute Gasteiger partial charge is 0.300 e. The Morgan fingerprint density at radius 3 is 2.07 bits per heavy atom. The van der Waals surface area contributed by atoms with Crippen LogP contribution in [-0.4, -0.2) is 5.78 Å². The summed E-state index contributed by atoms with van der Waals surface area (Å²) in [4.78, 5) is 10.7. The number of alkyl halides is 3. The quantitative estimate of drug-likeness (QED) is 0.720. The molecular formula is C10H9F3O. The van der Waals surface area contributed by atoms with E-state index in [-0.39, 0.29) is 12.2 Å². The van der Waals surface area contributed by atoms with Crippen LogP contribution in [0.1, 0.15) is 18.1 Å². The number of ketones is 1. The first-order chi connectivity index (χ1) is 6.39. The van der Waals surface area contributed by atoms with E-state index in [2.05, 4.69) is 0 Å². The van der Waals surface area contributed by atoms with Crippen LogP contribution in [0.4, 0.5) is 13.2 Å². The van der Waals surface area contributed by atoms with Crippen molar-refractivity contribution in [3.63, 3.8) is 0 Å². The lowest BCUT2D eigenvalue weighted by molar-refractivity contribution is -0.137. The average Bonchev–Trinajstić information content (AvgIpc) is 2.02. The summed E-state index contributed by atoms with van der Waals surface area (Å²) in [5.74, 6) is -0.0650. The molecule has 76 valence electrons. The van der Waals surface area contributed by atoms with Gasteiger partial charge in [-0.2, -0.15) is 13.2 Å². The van der Waals surface area contributed by atoms with Gasteiger partial charge in [-0.15, -0.1) is 0 Å². The normalized spacial score (nSPS) is 11.4. The Labute approximate surface area is 79.5 Å². The van der Waals surface area contributed by atoms with E-state index in [1.54, 1.807) is 0 Å². The first-order valence-corrected chi connectivity index (χ1v) is 4.05. The molecule has 0 aromatic heterocycles. The van der Waals surface area contributed by atoms with E-state index < -0.39 is 11.7 Å². The summed E-state index contributed by atoms with van der Waals surface area (Å²) in [7, 11) is 0. The van der Waals surface area contributed by atoms with Crippen molar-refractivity contribution in [1.82, 2.24) is 0 Å². The van der Waals surface area contributed by atoms with Crippen LogP contribution in [-0.2, 0) is 17.4 Å². The van der Waals surface area contributed by atoms with Crippen molar-refractivity contribution < 1.29 is 18.0 Å². The van der Waals surface area contributed by atoms with Gasteiger partial charge in [-0.25, -0.2) is 0 Å². The van der Waals surface area contributed by atoms with E-state index in [0.717, 1.165) is 12.1 Å². The molecule has 0 radical (unpaired) electrons. The number of benzene rings is 1. The first-order valence-electron chi connectivity index (χ1n) is 4.05. The van der Waals surface area contributed by atoms with Gasteiger partial charge in [-0.3, -0.25) is 4.79 Å². The molecule has 14 heavy (non-hydrogen) atoms. The maximum absolute atomic E-state index is 12.1. The van der Waals surface area contributed by atoms with E-state index >= 15 is 0 Å². The fourth-order valence-electron chi connectivity index (χ4n) is 1.10. The summed E-state index contributed by atoms with van der Waals surface area (Å²) in [6.07, 6.45) is -4.13. The molecule has 0 aliphatic rings. The topological polar surface area (TPSA) is 17.1 Å². The molecule has 0 heterocycles. The van der Waals surface area contributed by atoms with Gasteiger partial charge < -0.3 is 0 Å². The number of hydrogen-bond acceptors (Lipinski definition) is 1. The number of rotatable bonds is 2. The molecule has 0 saturated heterocycles. The molecule has 0 atom stereocenters. The van der Waals surface area contributed by atoms with Gasteiger partial charge in [0.05, 0.1) is 5.56 Å². The highest BCUT2D eigenvalue weighted by atomic mass is 19.4. The third-order valence-corrected chi connectivity index (χ3v) is 1.73. The summed E-state index contributed by atoms with van der Waals surface area (Å²) in [5, 5.41) is 0. The minimum absolute atomic E-state index is 0.0650. The van der Waals surface area contributed by atoms with Crippen molar-refractivity contribution in [1.29, 1.82) is 0 Å². The Balaban J connectivity index is 2.84. The first kappa shape index (κ1) is 10.8. The lowest BCUT2D eigenvalue weighted by Crippen LogP contribution is -2.05. The van der Waals surface area contributed by atoms with Crippen molar-refractivity contribution in [3.05, 3.63) is 35.4 Å². The van der Waals surface area contributed by atoms with Crippen molar-refractivity contribution in [2.75, 3.05) is 0 Å². The standard InChI is InChI=1S/C10H9F3O/c1-7(14)6-8-2-4-9(5-3-8)10(11,12)13/h2-5H,6H2,1H3. The van der Waals surface area contributed by atoms with Crippen LogP contribution in [0.3, 0.4) is 0 Å². The van der Waals surface area contributed by atoms with Crippen LogP contribution >= 0.6 is 0 Å². The van der Waals surface area contributed by atoms with Crippen LogP contribution in [0.15, 0.2) is 24.3 Å². The maximum Gasteiger partial charge on any atom is 0.416 e. The van der Waals surface area contributed by atoms with Gasteiger partial charge in [-0.1, -0.05) is 12.1 Å². The minimum Gasteiger partial charge on any atom is -0.300 e. The Kier molecular flexibility index (Phi) is 2.93. The Morgan fingerprint density at radius 1 is 1.21 bits per heavy atom. The summed E-state index contributed by atoms with van der Waals surface area (Å²) >= 11 is 0. The molecule has 1 aromatic rings. The van der Waals surface area contributed by atoms with Gasteiger partial charge in [0.25, 0.3) is 0 Å². The number of Topliss-reactive ketones (excluding diaryl/α,β-unsaturated/α-hetero) is 1. The van der Waals surface area contributed by atoms with Gasteiger partial charge >= 0.3 is 6.18 Å². The molecule has 0 aliphatic heterocycles. The monoisotopic (exact) mass is 202 g/mol. The van der Waals surface area contributed by atoms with E-state index in [0.29, 0.717) is 5.56 Å². The second-order valence-corrected chi connectivity index (χ2v) is 3.07. The highest BCUT2D eigenvalue weighted by Crippen LogP contribution is 2.29. The van der Waals surface area contributed by atoms with E-state index in [1.807, 2.05) is 0 Å². The molecule has 0 bridgehead atoms. The van der Waals surface area contributed by atoms with Crippen LogP contribution in [0.2, 0.25) is 0 Å². The highest BCUT2D eigenvalue weighted by molar-refractivity contribution is 5.78. The molecule has 0 saturated carbocycles. The zero-order valence-electron chi connectivity index (χ0n) is 7.56. The van der Waals surface area contributed by atoms with Gasteiger partial charge in [0, 0.05) is 6.42 Å². The molecule has 0 spiro atoms. The Morgan fingerprint density at radius 2 is 1.71 bits per heavy atom. The largest absolute Gasteiger partial charge is 0.416 e. The Hall–Kier alpha value is -1.32. The maximum atomic E-state index is 12.1. The SMILES string of the molecule is CC(=O)Cc1ccc(C(F)(F)F)cc1. The molecule has 1 aromatic carbocycles. The van der Waals surface area contributed by atoms with Crippen LogP contribution < -0.4 is 0 Å². The summed E-state index contributed by atoms with van der Waals surface area (Å²) in [6.45, 7) is 1.40. The lowest BCUT2D eigenvalue weighted by atomic mass is 10.1. The molecule has 0 N–H and O–H groups in total. The molecule has 0 aliphatic carbocycles. The van der Waals surface area contributed by atoms with Crippen molar-refractivity contribution in [2.24, 2.45) is 0 Å². The predicted octanol–water partition coefficient (Wildman–Crippen LogP) is 2.84. The van der Waals surface area contributed by atoms with Gasteiger partial charge in [-0.05, 0) is 24.6 Å². The lowest BCUT2D eigenvalue weighted by Gasteiger charge is -2.06. The molecule has 1 rings (SSSR count). The molecule has 0 fully saturated rings. The minimum atomic E-state index is -4.31. The zero-order valence-corrected chi connectivity index (χ0v) is 7.56. The fourth-order valence-corrected chi connectivity index (χ4v) is 1.10. The number of carbonyl (C=O) groups excluding carboxylic acids is 1. The highest BCUT2D eigenvalue weighted by Gasteiger charge is 2.29. The van der Waals surface area contributed by atoms with Gasteiger partial charge in [0.2, 0.25) is 0 Å². The molecule has 0 unspecified atom stereocenters.